The Morgan fingerprint density at radius 3 is 2.17 bits per heavy atom. The molecule has 4 aromatic carbocycles. The van der Waals surface area contributed by atoms with Gasteiger partial charge in [0, 0.05) is 16.8 Å². The highest BCUT2D eigenvalue weighted by atomic mass is 35.5. The summed E-state index contributed by atoms with van der Waals surface area (Å²) in [6, 6.07) is 39.4. The summed E-state index contributed by atoms with van der Waals surface area (Å²) in [5, 5.41) is 0.690. The molecule has 0 aliphatic heterocycles. The van der Waals surface area contributed by atoms with Crippen LogP contribution < -0.4 is 0 Å². The van der Waals surface area contributed by atoms with Crippen molar-refractivity contribution in [3.63, 3.8) is 0 Å². The maximum Gasteiger partial charge on any atom is 0.178 e. The molecule has 3 nitrogen and oxygen atoms in total. The van der Waals surface area contributed by atoms with Gasteiger partial charge >= 0.3 is 0 Å². The Kier molecular flexibility index (Phi) is 4.73. The maximum absolute atomic E-state index is 6.67. The number of nitrogens with zero attached hydrogens (tertiary/aromatic N) is 3. The van der Waals surface area contributed by atoms with Gasteiger partial charge in [-0.25, -0.2) is 15.0 Å². The zero-order valence-electron chi connectivity index (χ0n) is 19.3. The van der Waals surface area contributed by atoms with Crippen LogP contribution in [-0.4, -0.2) is 15.0 Å². The van der Waals surface area contributed by atoms with Gasteiger partial charge in [-0.2, -0.15) is 0 Å². The molecule has 0 saturated carbocycles. The van der Waals surface area contributed by atoms with Crippen LogP contribution in [0.1, 0.15) is 22.4 Å². The van der Waals surface area contributed by atoms with E-state index in [4.69, 9.17) is 21.6 Å². The molecule has 6 aromatic rings. The second-order valence-corrected chi connectivity index (χ2v) is 9.42. The van der Waals surface area contributed by atoms with E-state index in [0.717, 1.165) is 44.7 Å². The summed E-state index contributed by atoms with van der Waals surface area (Å²) in [4.78, 5) is 15.1. The molecule has 7 rings (SSSR count). The van der Waals surface area contributed by atoms with Crippen molar-refractivity contribution in [3.05, 3.63) is 149 Å². The lowest BCUT2D eigenvalue weighted by Crippen LogP contribution is -2.31. The van der Waals surface area contributed by atoms with Crippen LogP contribution in [0.3, 0.4) is 0 Å². The molecule has 36 heavy (non-hydrogen) atoms. The largest absolute Gasteiger partial charge is 0.242 e. The van der Waals surface area contributed by atoms with E-state index in [2.05, 4.69) is 77.8 Å². The van der Waals surface area contributed by atoms with Crippen molar-refractivity contribution >= 4 is 22.8 Å². The highest BCUT2D eigenvalue weighted by Crippen LogP contribution is 2.57. The fourth-order valence-corrected chi connectivity index (χ4v) is 5.77. The Balaban J connectivity index is 1.71. The van der Waals surface area contributed by atoms with Gasteiger partial charge in [-0.1, -0.05) is 103 Å². The number of fused-ring (bicyclic) bond motifs is 4. The van der Waals surface area contributed by atoms with Crippen molar-refractivity contribution in [1.29, 1.82) is 0 Å². The number of pyridine rings is 1. The molecule has 0 fully saturated rings. The zero-order chi connectivity index (χ0) is 24.1. The van der Waals surface area contributed by atoms with Crippen molar-refractivity contribution in [2.75, 3.05) is 0 Å². The van der Waals surface area contributed by atoms with Crippen LogP contribution in [0.25, 0.3) is 33.5 Å². The minimum absolute atomic E-state index is 0.621. The third-order valence-corrected chi connectivity index (χ3v) is 7.29. The summed E-state index contributed by atoms with van der Waals surface area (Å²) in [6.07, 6.45) is 1.77. The predicted molar refractivity (Wildman–Crippen MR) is 145 cm³/mol. The fourth-order valence-electron chi connectivity index (χ4n) is 5.60. The fraction of sp³-hybridized carbons (Fsp3) is 0.0312. The van der Waals surface area contributed by atoms with Gasteiger partial charge in [0.2, 0.25) is 0 Å². The Labute approximate surface area is 214 Å². The van der Waals surface area contributed by atoms with Crippen LogP contribution in [-0.2, 0) is 5.41 Å². The second-order valence-electron chi connectivity index (χ2n) is 8.98. The molecule has 1 aliphatic rings. The molecular weight excluding hydrogens is 462 g/mol. The Hall–Kier alpha value is -4.34. The Morgan fingerprint density at radius 1 is 0.611 bits per heavy atom. The minimum atomic E-state index is -0.720. The lowest BCUT2D eigenvalue weighted by molar-refractivity contribution is 0.736. The van der Waals surface area contributed by atoms with Crippen LogP contribution in [0.5, 0.6) is 0 Å². The number of hydrogen-bond donors (Lipinski definition) is 0. The molecule has 170 valence electrons. The highest BCUT2D eigenvalue weighted by molar-refractivity contribution is 6.30. The smallest absolute Gasteiger partial charge is 0.178 e. The number of rotatable bonds is 3. The highest BCUT2D eigenvalue weighted by Gasteiger charge is 2.49. The Morgan fingerprint density at radius 2 is 1.33 bits per heavy atom. The summed E-state index contributed by atoms with van der Waals surface area (Å²) in [5.41, 5.74) is 9.06. The first-order valence-electron chi connectivity index (χ1n) is 11.9. The average Bonchev–Trinajstić information content (AvgIpc) is 3.23. The van der Waals surface area contributed by atoms with Crippen LogP contribution in [0, 0.1) is 0 Å². The number of hydrogen-bond acceptors (Lipinski definition) is 3. The summed E-state index contributed by atoms with van der Waals surface area (Å²) in [7, 11) is 0. The molecule has 4 heteroatoms. The third-order valence-electron chi connectivity index (χ3n) is 7.06. The van der Waals surface area contributed by atoms with Crippen molar-refractivity contribution < 1.29 is 0 Å². The average molecular weight is 482 g/mol. The third kappa shape index (κ3) is 2.96. The molecule has 0 radical (unpaired) electrons. The van der Waals surface area contributed by atoms with Gasteiger partial charge in [-0.15, -0.1) is 0 Å². The maximum atomic E-state index is 6.67. The van der Waals surface area contributed by atoms with E-state index >= 15 is 0 Å². The van der Waals surface area contributed by atoms with Gasteiger partial charge in [0.25, 0.3) is 0 Å². The SMILES string of the molecule is Clc1ccc2c(c1)C(c1ccccc1)(c1nc3ncccc3nc1-c1ccccc1)c1ccccc1-2. The quantitative estimate of drug-likeness (QED) is 0.259. The van der Waals surface area contributed by atoms with E-state index in [1.165, 1.54) is 5.56 Å². The molecule has 0 amide bonds. The van der Waals surface area contributed by atoms with Gasteiger partial charge in [0.15, 0.2) is 5.65 Å². The summed E-state index contributed by atoms with van der Waals surface area (Å²) in [6.45, 7) is 0. The molecule has 0 spiro atoms. The van der Waals surface area contributed by atoms with Crippen molar-refractivity contribution in [1.82, 2.24) is 15.0 Å². The van der Waals surface area contributed by atoms with Crippen molar-refractivity contribution in [2.24, 2.45) is 0 Å². The molecule has 0 bridgehead atoms. The molecule has 2 heterocycles. The standard InChI is InChI=1S/C32H20ClN3/c33-23-17-18-25-24-14-7-8-15-26(24)32(27(25)20-23,22-12-5-2-6-13-22)30-29(21-10-3-1-4-11-21)35-28-16-9-19-34-31(28)36-30/h1-20H. The van der Waals surface area contributed by atoms with Crippen LogP contribution in [0.15, 0.2) is 121 Å². The zero-order valence-corrected chi connectivity index (χ0v) is 20.0. The van der Waals surface area contributed by atoms with Crippen molar-refractivity contribution in [2.45, 2.75) is 5.41 Å². The van der Waals surface area contributed by atoms with E-state index < -0.39 is 5.41 Å². The lowest BCUT2D eigenvalue weighted by Gasteiger charge is -2.34. The molecule has 0 N–H and O–H groups in total. The monoisotopic (exact) mass is 481 g/mol. The first-order chi connectivity index (χ1) is 17.8. The number of halogens is 1. The van der Waals surface area contributed by atoms with Gasteiger partial charge in [0.1, 0.15) is 5.52 Å². The van der Waals surface area contributed by atoms with E-state index in [9.17, 15) is 0 Å². The lowest BCUT2D eigenvalue weighted by atomic mass is 9.69. The van der Waals surface area contributed by atoms with Crippen molar-refractivity contribution in [3.8, 4) is 22.4 Å². The summed E-state index contributed by atoms with van der Waals surface area (Å²) < 4.78 is 0. The van der Waals surface area contributed by atoms with Gasteiger partial charge in [0.05, 0.1) is 16.8 Å². The van der Waals surface area contributed by atoms with E-state index in [0.29, 0.717) is 10.7 Å². The van der Waals surface area contributed by atoms with Crippen LogP contribution in [0.2, 0.25) is 5.02 Å². The first kappa shape index (κ1) is 21.0. The number of benzene rings is 4. The molecule has 0 saturated heterocycles. The summed E-state index contributed by atoms with van der Waals surface area (Å²) in [5.74, 6) is 0. The predicted octanol–water partition coefficient (Wildman–Crippen LogP) is 7.71. The van der Waals surface area contributed by atoms with E-state index in [1.807, 2.05) is 42.5 Å². The molecule has 1 unspecified atom stereocenters. The van der Waals surface area contributed by atoms with Crippen LogP contribution in [0.4, 0.5) is 0 Å². The molecule has 2 aromatic heterocycles. The summed E-state index contributed by atoms with van der Waals surface area (Å²) >= 11 is 6.67. The molecule has 1 aliphatic carbocycles. The van der Waals surface area contributed by atoms with Gasteiger partial charge in [-0.3, -0.25) is 0 Å². The molecular formula is C32H20ClN3. The van der Waals surface area contributed by atoms with E-state index in [-0.39, 0.29) is 0 Å². The molecule has 1 atom stereocenters. The first-order valence-corrected chi connectivity index (χ1v) is 12.3. The second kappa shape index (κ2) is 8.11. The topological polar surface area (TPSA) is 38.7 Å². The Bertz CT molecular complexity index is 1750. The normalized spacial score (nSPS) is 16.0. The van der Waals surface area contributed by atoms with Gasteiger partial charge in [-0.05, 0) is 52.1 Å². The van der Waals surface area contributed by atoms with Gasteiger partial charge < -0.3 is 0 Å². The van der Waals surface area contributed by atoms with E-state index in [1.54, 1.807) is 6.20 Å². The number of aromatic nitrogens is 3. The van der Waals surface area contributed by atoms with Crippen LogP contribution >= 0.6 is 11.6 Å². The minimum Gasteiger partial charge on any atom is -0.242 e.